The van der Waals surface area contributed by atoms with E-state index in [0.717, 1.165) is 37.4 Å². The number of rotatable bonds is 7. The first-order chi connectivity index (χ1) is 12.0. The number of carbonyl (C=O) groups is 2. The summed E-state index contributed by atoms with van der Waals surface area (Å²) in [5.74, 6) is -0.109. The molecule has 1 saturated heterocycles. The van der Waals surface area contributed by atoms with Gasteiger partial charge < -0.3 is 21.1 Å². The molecule has 0 saturated carbocycles. The maximum Gasteiger partial charge on any atom is 0.312 e. The monoisotopic (exact) mass is 348 g/mol. The van der Waals surface area contributed by atoms with Gasteiger partial charge in [0.15, 0.2) is 0 Å². The van der Waals surface area contributed by atoms with Crippen LogP contribution in [0, 0.1) is 6.92 Å². The van der Waals surface area contributed by atoms with Crippen molar-refractivity contribution in [3.63, 3.8) is 0 Å². The van der Waals surface area contributed by atoms with Crippen LogP contribution in [-0.4, -0.2) is 55.7 Å². The lowest BCUT2D eigenvalue weighted by molar-refractivity contribution is -0.121. The molecule has 7 heteroatoms. The van der Waals surface area contributed by atoms with Gasteiger partial charge in [-0.2, -0.15) is 0 Å². The number of ether oxygens (including phenoxy) is 1. The molecule has 0 bridgehead atoms. The number of carbonyl (C=O) groups excluding carboxylic acids is 2. The molecular weight excluding hydrogens is 320 g/mol. The van der Waals surface area contributed by atoms with Crippen molar-refractivity contribution in [2.24, 2.45) is 5.73 Å². The van der Waals surface area contributed by atoms with Crippen LogP contribution in [0.15, 0.2) is 24.3 Å². The van der Waals surface area contributed by atoms with E-state index in [0.29, 0.717) is 6.54 Å². The van der Waals surface area contributed by atoms with Gasteiger partial charge in [0.1, 0.15) is 0 Å². The molecule has 0 aliphatic carbocycles. The Morgan fingerprint density at radius 3 is 2.60 bits per heavy atom. The summed E-state index contributed by atoms with van der Waals surface area (Å²) >= 11 is 0. The maximum atomic E-state index is 12.4. The predicted molar refractivity (Wildman–Crippen MR) is 96.1 cm³/mol. The lowest BCUT2D eigenvalue weighted by Gasteiger charge is -2.32. The highest BCUT2D eigenvalue weighted by molar-refractivity contribution is 5.78. The second-order valence-corrected chi connectivity index (χ2v) is 6.42. The SMILES string of the molecule is Cc1ccccc1C(CC(=O)NCC(C)N1CCOCC1)NC(N)=O. The van der Waals surface area contributed by atoms with Crippen molar-refractivity contribution in [1.82, 2.24) is 15.5 Å². The van der Waals surface area contributed by atoms with Gasteiger partial charge in [-0.25, -0.2) is 4.79 Å². The highest BCUT2D eigenvalue weighted by Crippen LogP contribution is 2.20. The minimum atomic E-state index is -0.636. The van der Waals surface area contributed by atoms with Gasteiger partial charge in [-0.3, -0.25) is 9.69 Å². The average molecular weight is 348 g/mol. The third kappa shape index (κ3) is 6.03. The highest BCUT2D eigenvalue weighted by atomic mass is 16.5. The number of hydrogen-bond acceptors (Lipinski definition) is 4. The van der Waals surface area contributed by atoms with Crippen LogP contribution >= 0.6 is 0 Å². The molecule has 1 aliphatic rings. The molecule has 7 nitrogen and oxygen atoms in total. The average Bonchev–Trinajstić information content (AvgIpc) is 2.60. The van der Waals surface area contributed by atoms with Crippen molar-refractivity contribution in [2.45, 2.75) is 32.4 Å². The Labute approximate surface area is 148 Å². The third-order valence-electron chi connectivity index (χ3n) is 4.53. The zero-order chi connectivity index (χ0) is 18.2. The lowest BCUT2D eigenvalue weighted by atomic mass is 9.98. The molecule has 138 valence electrons. The number of nitrogens with one attached hydrogen (secondary N) is 2. The summed E-state index contributed by atoms with van der Waals surface area (Å²) in [6.07, 6.45) is 0.156. The highest BCUT2D eigenvalue weighted by Gasteiger charge is 2.21. The second kappa shape index (κ2) is 9.39. The smallest absolute Gasteiger partial charge is 0.312 e. The van der Waals surface area contributed by atoms with E-state index in [2.05, 4.69) is 22.5 Å². The Morgan fingerprint density at radius 2 is 1.96 bits per heavy atom. The lowest BCUT2D eigenvalue weighted by Crippen LogP contribution is -2.47. The first-order valence-corrected chi connectivity index (χ1v) is 8.67. The second-order valence-electron chi connectivity index (χ2n) is 6.42. The van der Waals surface area contributed by atoms with E-state index in [9.17, 15) is 9.59 Å². The summed E-state index contributed by atoms with van der Waals surface area (Å²) in [5.41, 5.74) is 7.19. The fourth-order valence-corrected chi connectivity index (χ4v) is 3.05. The number of benzene rings is 1. The Bertz CT molecular complexity index is 587. The molecule has 1 heterocycles. The van der Waals surface area contributed by atoms with E-state index in [4.69, 9.17) is 10.5 Å². The zero-order valence-corrected chi connectivity index (χ0v) is 15.0. The number of aryl methyl sites for hydroxylation is 1. The molecule has 3 amide bonds. The van der Waals surface area contributed by atoms with Crippen molar-refractivity contribution in [3.05, 3.63) is 35.4 Å². The van der Waals surface area contributed by atoms with E-state index in [1.165, 1.54) is 0 Å². The van der Waals surface area contributed by atoms with E-state index in [1.54, 1.807) is 0 Å². The molecule has 1 aromatic carbocycles. The molecule has 4 N–H and O–H groups in total. The molecule has 2 unspecified atom stereocenters. The fourth-order valence-electron chi connectivity index (χ4n) is 3.05. The number of hydrogen-bond donors (Lipinski definition) is 3. The largest absolute Gasteiger partial charge is 0.379 e. The first-order valence-electron chi connectivity index (χ1n) is 8.67. The standard InChI is InChI=1S/C18H28N4O3/c1-13-5-3-4-6-15(13)16(21-18(19)24)11-17(23)20-12-14(2)22-7-9-25-10-8-22/h3-6,14,16H,7-12H2,1-2H3,(H,20,23)(H3,19,21,24). The Kier molecular flexibility index (Phi) is 7.21. The summed E-state index contributed by atoms with van der Waals surface area (Å²) in [6.45, 7) is 7.83. The molecule has 2 atom stereocenters. The van der Waals surface area contributed by atoms with Gasteiger partial charge in [0.2, 0.25) is 5.91 Å². The van der Waals surface area contributed by atoms with Crippen LogP contribution in [-0.2, 0) is 9.53 Å². The van der Waals surface area contributed by atoms with Crippen LogP contribution in [0.3, 0.4) is 0 Å². The van der Waals surface area contributed by atoms with Gasteiger partial charge in [0.25, 0.3) is 0 Å². The maximum absolute atomic E-state index is 12.4. The quantitative estimate of drug-likeness (QED) is 0.683. The van der Waals surface area contributed by atoms with Crippen LogP contribution in [0.2, 0.25) is 0 Å². The molecule has 0 spiro atoms. The molecular formula is C18H28N4O3. The van der Waals surface area contributed by atoms with Crippen molar-refractivity contribution in [3.8, 4) is 0 Å². The molecule has 1 aliphatic heterocycles. The van der Waals surface area contributed by atoms with Crippen LogP contribution < -0.4 is 16.4 Å². The van der Waals surface area contributed by atoms with Gasteiger partial charge in [0, 0.05) is 25.7 Å². The molecule has 25 heavy (non-hydrogen) atoms. The minimum absolute atomic E-state index is 0.109. The summed E-state index contributed by atoms with van der Waals surface area (Å²) in [5, 5.41) is 5.63. The Morgan fingerprint density at radius 1 is 1.28 bits per heavy atom. The minimum Gasteiger partial charge on any atom is -0.379 e. The number of nitrogens with zero attached hydrogens (tertiary/aromatic N) is 1. The third-order valence-corrected chi connectivity index (χ3v) is 4.53. The van der Waals surface area contributed by atoms with E-state index < -0.39 is 12.1 Å². The van der Waals surface area contributed by atoms with Crippen molar-refractivity contribution >= 4 is 11.9 Å². The topological polar surface area (TPSA) is 96.7 Å². The van der Waals surface area contributed by atoms with Gasteiger partial charge >= 0.3 is 6.03 Å². The normalized spacial score (nSPS) is 17.5. The van der Waals surface area contributed by atoms with Crippen molar-refractivity contribution in [2.75, 3.05) is 32.8 Å². The molecule has 0 aromatic heterocycles. The summed E-state index contributed by atoms with van der Waals surface area (Å²) < 4.78 is 5.34. The number of urea groups is 1. The van der Waals surface area contributed by atoms with Crippen molar-refractivity contribution in [1.29, 1.82) is 0 Å². The van der Waals surface area contributed by atoms with Crippen LogP contribution in [0.5, 0.6) is 0 Å². The van der Waals surface area contributed by atoms with E-state index >= 15 is 0 Å². The molecule has 1 fully saturated rings. The van der Waals surface area contributed by atoms with Crippen LogP contribution in [0.4, 0.5) is 4.79 Å². The van der Waals surface area contributed by atoms with Gasteiger partial charge in [0.05, 0.1) is 25.7 Å². The van der Waals surface area contributed by atoms with Gasteiger partial charge in [-0.1, -0.05) is 24.3 Å². The Balaban J connectivity index is 1.90. The van der Waals surface area contributed by atoms with E-state index in [-0.39, 0.29) is 18.4 Å². The summed E-state index contributed by atoms with van der Waals surface area (Å²) in [6, 6.07) is 6.83. The summed E-state index contributed by atoms with van der Waals surface area (Å²) in [4.78, 5) is 26.0. The van der Waals surface area contributed by atoms with Gasteiger partial charge in [-0.15, -0.1) is 0 Å². The fraction of sp³-hybridized carbons (Fsp3) is 0.556. The van der Waals surface area contributed by atoms with Crippen LogP contribution in [0.1, 0.15) is 30.5 Å². The Hall–Kier alpha value is -2.12. The van der Waals surface area contributed by atoms with Crippen molar-refractivity contribution < 1.29 is 14.3 Å². The number of morpholine rings is 1. The van der Waals surface area contributed by atoms with Gasteiger partial charge in [-0.05, 0) is 25.0 Å². The molecule has 1 aromatic rings. The first kappa shape index (κ1) is 19.2. The van der Waals surface area contributed by atoms with Crippen LogP contribution in [0.25, 0.3) is 0 Å². The van der Waals surface area contributed by atoms with E-state index in [1.807, 2.05) is 31.2 Å². The molecule has 0 radical (unpaired) electrons. The molecule has 2 rings (SSSR count). The number of nitrogens with two attached hydrogens (primary N) is 1. The number of amides is 3. The zero-order valence-electron chi connectivity index (χ0n) is 15.0. The predicted octanol–water partition coefficient (Wildman–Crippen LogP) is 0.931. The summed E-state index contributed by atoms with van der Waals surface area (Å²) in [7, 11) is 0. The number of primary amides is 1.